The standard InChI is InChI=1S/C28H38O8/c1-5-23(33)35-15-22(32)28(36-24(34)6-2)10-9-19-18-8-7-17-11-20(30)16(14-29)12-26(17,3)25(18)21(31)13-27(19,28)4/h11,14,16,18-19,21,25,31H,5-10,12-13,15H2,1-4H3/t16?,18?,19?,21?,25?,26?,27?,28-/m0/s1. The predicted octanol–water partition coefficient (Wildman–Crippen LogP) is 3.13. The number of Topliss-reactive ketones (excluding diaryl/α,β-unsaturated/α-hetero) is 1. The first-order chi connectivity index (χ1) is 17.0. The summed E-state index contributed by atoms with van der Waals surface area (Å²) in [7, 11) is 0. The summed E-state index contributed by atoms with van der Waals surface area (Å²) in [5.41, 5.74) is -1.80. The molecule has 0 amide bonds. The number of aldehydes is 1. The smallest absolute Gasteiger partial charge is 0.306 e. The van der Waals surface area contributed by atoms with Crippen molar-refractivity contribution in [2.45, 2.75) is 90.8 Å². The average molecular weight is 503 g/mol. The molecule has 3 fully saturated rings. The zero-order chi connectivity index (χ0) is 26.5. The van der Waals surface area contributed by atoms with Gasteiger partial charge >= 0.3 is 11.9 Å². The fourth-order valence-corrected chi connectivity index (χ4v) is 8.23. The van der Waals surface area contributed by atoms with Gasteiger partial charge in [0.2, 0.25) is 5.78 Å². The number of ketones is 2. The van der Waals surface area contributed by atoms with Crippen LogP contribution >= 0.6 is 0 Å². The van der Waals surface area contributed by atoms with Crippen molar-refractivity contribution in [2.75, 3.05) is 6.61 Å². The minimum Gasteiger partial charge on any atom is -0.457 e. The van der Waals surface area contributed by atoms with Crippen molar-refractivity contribution >= 4 is 29.8 Å². The van der Waals surface area contributed by atoms with Gasteiger partial charge in [0.25, 0.3) is 0 Å². The van der Waals surface area contributed by atoms with Crippen molar-refractivity contribution in [3.63, 3.8) is 0 Å². The van der Waals surface area contributed by atoms with Crippen LogP contribution in [0.3, 0.4) is 0 Å². The number of rotatable bonds is 7. The maximum absolute atomic E-state index is 13.7. The summed E-state index contributed by atoms with van der Waals surface area (Å²) in [5, 5.41) is 11.7. The van der Waals surface area contributed by atoms with Crippen LogP contribution in [-0.4, -0.2) is 53.2 Å². The molecule has 0 spiro atoms. The van der Waals surface area contributed by atoms with Crippen LogP contribution in [0.4, 0.5) is 0 Å². The minimum atomic E-state index is -1.48. The van der Waals surface area contributed by atoms with Crippen molar-refractivity contribution < 1.29 is 38.6 Å². The zero-order valence-corrected chi connectivity index (χ0v) is 21.7. The highest BCUT2D eigenvalue weighted by Gasteiger charge is 2.70. The molecule has 4 aliphatic rings. The lowest BCUT2D eigenvalue weighted by atomic mass is 9.45. The van der Waals surface area contributed by atoms with E-state index in [1.165, 1.54) is 0 Å². The molecule has 3 saturated carbocycles. The number of hydrogen-bond acceptors (Lipinski definition) is 8. The molecule has 198 valence electrons. The predicted molar refractivity (Wildman–Crippen MR) is 128 cm³/mol. The molecule has 0 bridgehead atoms. The summed E-state index contributed by atoms with van der Waals surface area (Å²) < 4.78 is 11.1. The van der Waals surface area contributed by atoms with Gasteiger partial charge < -0.3 is 19.4 Å². The van der Waals surface area contributed by atoms with Gasteiger partial charge in [-0.1, -0.05) is 33.3 Å². The molecular formula is C28H38O8. The highest BCUT2D eigenvalue weighted by molar-refractivity contribution is 6.02. The number of aliphatic hydroxyl groups excluding tert-OH is 1. The van der Waals surface area contributed by atoms with Crippen LogP contribution in [0.25, 0.3) is 0 Å². The molecule has 4 rings (SSSR count). The number of hydrogen-bond donors (Lipinski definition) is 1. The normalized spacial score (nSPS) is 41.3. The Labute approximate surface area is 212 Å². The van der Waals surface area contributed by atoms with Gasteiger partial charge in [0.15, 0.2) is 18.0 Å². The second kappa shape index (κ2) is 9.51. The number of fused-ring (bicyclic) bond motifs is 5. The number of allylic oxidation sites excluding steroid dienone is 1. The lowest BCUT2D eigenvalue weighted by molar-refractivity contribution is -0.203. The number of esters is 2. The minimum absolute atomic E-state index is 0.00735. The molecule has 0 heterocycles. The van der Waals surface area contributed by atoms with Gasteiger partial charge in [0, 0.05) is 18.3 Å². The lowest BCUT2D eigenvalue weighted by Gasteiger charge is -2.61. The molecule has 36 heavy (non-hydrogen) atoms. The maximum atomic E-state index is 13.7. The van der Waals surface area contributed by atoms with E-state index in [9.17, 15) is 29.1 Å². The van der Waals surface area contributed by atoms with Gasteiger partial charge in [-0.2, -0.15) is 0 Å². The van der Waals surface area contributed by atoms with Gasteiger partial charge in [0.1, 0.15) is 6.29 Å². The second-order valence-electron chi connectivity index (χ2n) is 11.6. The third kappa shape index (κ3) is 3.87. The SMILES string of the molecule is CCC(=O)OCC(=O)[C@@]1(OC(=O)CC)CCC2C3CCC4=CC(=O)C(C=O)CC4(C)C3C(O)CC21C. The molecule has 8 nitrogen and oxygen atoms in total. The number of aliphatic hydroxyl groups is 1. The van der Waals surface area contributed by atoms with E-state index < -0.39 is 52.8 Å². The molecule has 0 aliphatic heterocycles. The Morgan fingerprint density at radius 2 is 1.81 bits per heavy atom. The van der Waals surface area contributed by atoms with Crippen molar-refractivity contribution in [3.05, 3.63) is 11.6 Å². The zero-order valence-electron chi connectivity index (χ0n) is 21.7. The average Bonchev–Trinajstić information content (AvgIpc) is 3.14. The van der Waals surface area contributed by atoms with Crippen LogP contribution in [0.1, 0.15) is 79.1 Å². The first kappa shape index (κ1) is 26.7. The molecule has 0 aromatic carbocycles. The second-order valence-corrected chi connectivity index (χ2v) is 11.6. The fourth-order valence-electron chi connectivity index (χ4n) is 8.23. The molecule has 4 aliphatic carbocycles. The highest BCUT2D eigenvalue weighted by atomic mass is 16.6. The Kier molecular flexibility index (Phi) is 7.05. The van der Waals surface area contributed by atoms with Crippen LogP contribution in [0.15, 0.2) is 11.6 Å². The van der Waals surface area contributed by atoms with E-state index in [1.807, 2.05) is 6.92 Å². The van der Waals surface area contributed by atoms with E-state index in [1.54, 1.807) is 19.9 Å². The van der Waals surface area contributed by atoms with Crippen LogP contribution in [-0.2, 0) is 33.4 Å². The van der Waals surface area contributed by atoms with Gasteiger partial charge in [-0.25, -0.2) is 0 Å². The first-order valence-electron chi connectivity index (χ1n) is 13.3. The Bertz CT molecular complexity index is 1000. The van der Waals surface area contributed by atoms with Crippen LogP contribution in [0.2, 0.25) is 0 Å². The van der Waals surface area contributed by atoms with E-state index in [0.717, 1.165) is 12.0 Å². The van der Waals surface area contributed by atoms with Gasteiger partial charge in [-0.05, 0) is 67.8 Å². The van der Waals surface area contributed by atoms with Crippen molar-refractivity contribution in [3.8, 4) is 0 Å². The summed E-state index contributed by atoms with van der Waals surface area (Å²) in [6.07, 6.45) is 4.77. The van der Waals surface area contributed by atoms with Crippen molar-refractivity contribution in [2.24, 2.45) is 34.5 Å². The molecule has 8 heteroatoms. The van der Waals surface area contributed by atoms with E-state index >= 15 is 0 Å². The number of ether oxygens (including phenoxy) is 2. The topological polar surface area (TPSA) is 124 Å². The quantitative estimate of drug-likeness (QED) is 0.320. The Morgan fingerprint density at radius 1 is 1.11 bits per heavy atom. The summed E-state index contributed by atoms with van der Waals surface area (Å²) in [5.74, 6) is -2.44. The molecule has 0 saturated heterocycles. The molecule has 0 aromatic heterocycles. The van der Waals surface area contributed by atoms with Gasteiger partial charge in [-0.3, -0.25) is 19.2 Å². The largest absolute Gasteiger partial charge is 0.457 e. The third-order valence-electron chi connectivity index (χ3n) is 9.96. The van der Waals surface area contributed by atoms with E-state index in [0.29, 0.717) is 32.0 Å². The fraction of sp³-hybridized carbons (Fsp3) is 0.750. The summed E-state index contributed by atoms with van der Waals surface area (Å²) in [4.78, 5) is 62.1. The molecule has 0 aromatic rings. The van der Waals surface area contributed by atoms with Crippen molar-refractivity contribution in [1.82, 2.24) is 0 Å². The van der Waals surface area contributed by atoms with Crippen LogP contribution < -0.4 is 0 Å². The van der Waals surface area contributed by atoms with E-state index in [-0.39, 0.29) is 42.8 Å². The third-order valence-corrected chi connectivity index (χ3v) is 9.96. The molecule has 1 N–H and O–H groups in total. The maximum Gasteiger partial charge on any atom is 0.306 e. The van der Waals surface area contributed by atoms with Gasteiger partial charge in [-0.15, -0.1) is 0 Å². The van der Waals surface area contributed by atoms with E-state index in [4.69, 9.17) is 9.47 Å². The van der Waals surface area contributed by atoms with Gasteiger partial charge in [0.05, 0.1) is 12.0 Å². The number of carbonyl (C=O) groups is 5. The summed E-state index contributed by atoms with van der Waals surface area (Å²) in [6.45, 7) is 6.83. The van der Waals surface area contributed by atoms with Crippen molar-refractivity contribution in [1.29, 1.82) is 0 Å². The molecular weight excluding hydrogens is 464 g/mol. The Hall–Kier alpha value is -2.35. The molecule has 7 unspecified atom stereocenters. The molecule has 0 radical (unpaired) electrons. The number of carbonyl (C=O) groups excluding carboxylic acids is 5. The first-order valence-corrected chi connectivity index (χ1v) is 13.3. The highest BCUT2D eigenvalue weighted by Crippen LogP contribution is 2.68. The lowest BCUT2D eigenvalue weighted by Crippen LogP contribution is -2.63. The van der Waals surface area contributed by atoms with Crippen LogP contribution in [0, 0.1) is 34.5 Å². The summed E-state index contributed by atoms with van der Waals surface area (Å²) >= 11 is 0. The summed E-state index contributed by atoms with van der Waals surface area (Å²) in [6, 6.07) is 0. The monoisotopic (exact) mass is 502 g/mol. The van der Waals surface area contributed by atoms with E-state index in [2.05, 4.69) is 6.92 Å². The Morgan fingerprint density at radius 3 is 2.44 bits per heavy atom. The molecule has 8 atom stereocenters. The Balaban J connectivity index is 1.71. The van der Waals surface area contributed by atoms with Crippen LogP contribution in [0.5, 0.6) is 0 Å².